The lowest BCUT2D eigenvalue weighted by molar-refractivity contribution is 0.0917. The molecule has 0 saturated carbocycles. The number of rotatable bonds is 7. The number of benzene rings is 1. The van der Waals surface area contributed by atoms with Crippen molar-refractivity contribution in [3.05, 3.63) is 69.7 Å². The van der Waals surface area contributed by atoms with Crippen LogP contribution in [0.5, 0.6) is 5.75 Å². The second-order valence-electron chi connectivity index (χ2n) is 5.89. The lowest BCUT2D eigenvalue weighted by Crippen LogP contribution is -2.24. The van der Waals surface area contributed by atoms with Crippen molar-refractivity contribution in [3.8, 4) is 5.75 Å². The van der Waals surface area contributed by atoms with Crippen LogP contribution < -0.4 is 10.1 Å². The number of furan rings is 1. The number of aryl methyl sites for hydroxylation is 1. The molecule has 0 aliphatic rings. The zero-order chi connectivity index (χ0) is 22.0. The zero-order valence-electron chi connectivity index (χ0n) is 15.2. The van der Waals surface area contributed by atoms with Crippen molar-refractivity contribution < 1.29 is 35.9 Å². The van der Waals surface area contributed by atoms with E-state index in [-0.39, 0.29) is 18.1 Å². The summed E-state index contributed by atoms with van der Waals surface area (Å²) in [6.07, 6.45) is 1.44. The Labute approximate surface area is 171 Å². The minimum atomic E-state index is -2.29. The van der Waals surface area contributed by atoms with Gasteiger partial charge in [-0.05, 0) is 19.1 Å². The van der Waals surface area contributed by atoms with Gasteiger partial charge in [-0.15, -0.1) is 0 Å². The molecular formula is C18H13ClF5N3O3. The monoisotopic (exact) mass is 449 g/mol. The number of hydrogen-bond donors (Lipinski definition) is 1. The Morgan fingerprint density at radius 3 is 2.40 bits per heavy atom. The van der Waals surface area contributed by atoms with Crippen molar-refractivity contribution in [2.24, 2.45) is 0 Å². The van der Waals surface area contributed by atoms with Crippen molar-refractivity contribution in [1.29, 1.82) is 0 Å². The van der Waals surface area contributed by atoms with Crippen LogP contribution in [-0.2, 0) is 19.7 Å². The lowest BCUT2D eigenvalue weighted by atomic mass is 10.2. The number of hydrogen-bond acceptors (Lipinski definition) is 4. The van der Waals surface area contributed by atoms with Crippen LogP contribution in [0, 0.1) is 29.1 Å². The molecule has 0 fully saturated rings. The van der Waals surface area contributed by atoms with Crippen LogP contribution in [0.3, 0.4) is 0 Å². The van der Waals surface area contributed by atoms with Crippen LogP contribution >= 0.6 is 11.6 Å². The number of aromatic nitrogens is 2. The molecule has 1 aromatic carbocycles. The third kappa shape index (κ3) is 4.11. The van der Waals surface area contributed by atoms with E-state index < -0.39 is 47.3 Å². The van der Waals surface area contributed by atoms with Gasteiger partial charge in [0.05, 0.1) is 23.5 Å². The SMILES string of the molecule is CCn1ncc(Cl)c1CNC(=O)c1ccc(COc2c(F)c(F)c(F)c(F)c2F)o1. The maximum Gasteiger partial charge on any atom is 0.287 e. The Balaban J connectivity index is 1.66. The molecule has 0 unspecified atom stereocenters. The van der Waals surface area contributed by atoms with E-state index in [4.69, 9.17) is 16.0 Å². The summed E-state index contributed by atoms with van der Waals surface area (Å²) in [6, 6.07) is 2.51. The number of nitrogens with one attached hydrogen (secondary N) is 1. The van der Waals surface area contributed by atoms with Gasteiger partial charge in [0.15, 0.2) is 11.5 Å². The first kappa shape index (κ1) is 21.6. The van der Waals surface area contributed by atoms with Gasteiger partial charge in [0.1, 0.15) is 12.4 Å². The van der Waals surface area contributed by atoms with E-state index in [9.17, 15) is 26.7 Å². The number of ether oxygens (including phenoxy) is 1. The van der Waals surface area contributed by atoms with Crippen LogP contribution in [-0.4, -0.2) is 15.7 Å². The Morgan fingerprint density at radius 1 is 1.13 bits per heavy atom. The fourth-order valence-electron chi connectivity index (χ4n) is 2.52. The molecule has 3 rings (SSSR count). The van der Waals surface area contributed by atoms with Crippen LogP contribution in [0.4, 0.5) is 22.0 Å². The van der Waals surface area contributed by atoms with Crippen LogP contribution in [0.2, 0.25) is 5.02 Å². The van der Waals surface area contributed by atoms with Gasteiger partial charge in [0.2, 0.25) is 29.1 Å². The first-order valence-electron chi connectivity index (χ1n) is 8.45. The number of amides is 1. The van der Waals surface area contributed by atoms with Gasteiger partial charge in [-0.25, -0.2) is 13.2 Å². The molecule has 0 saturated heterocycles. The van der Waals surface area contributed by atoms with E-state index in [2.05, 4.69) is 15.2 Å². The van der Waals surface area contributed by atoms with Crippen molar-refractivity contribution in [2.75, 3.05) is 0 Å². The highest BCUT2D eigenvalue weighted by Crippen LogP contribution is 2.29. The van der Waals surface area contributed by atoms with Gasteiger partial charge in [-0.2, -0.15) is 13.9 Å². The van der Waals surface area contributed by atoms with E-state index in [0.717, 1.165) is 0 Å². The molecule has 3 aromatic rings. The Hall–Kier alpha value is -3.08. The Bertz CT molecular complexity index is 1070. The zero-order valence-corrected chi connectivity index (χ0v) is 16.0. The van der Waals surface area contributed by atoms with Crippen molar-refractivity contribution in [3.63, 3.8) is 0 Å². The molecule has 0 aliphatic carbocycles. The topological polar surface area (TPSA) is 69.3 Å². The van der Waals surface area contributed by atoms with E-state index in [1.165, 1.54) is 18.3 Å². The van der Waals surface area contributed by atoms with Gasteiger partial charge in [-0.3, -0.25) is 9.48 Å². The first-order valence-corrected chi connectivity index (χ1v) is 8.83. The van der Waals surface area contributed by atoms with Crippen molar-refractivity contribution >= 4 is 17.5 Å². The predicted octanol–water partition coefficient (Wildman–Crippen LogP) is 4.35. The standard InChI is InChI=1S/C18H13ClF5N3O3/c1-2-27-10(9(19)5-26-27)6-25-18(28)11-4-3-8(30-11)7-29-17-15(23)13(21)12(20)14(22)16(17)24/h3-5H,2,6-7H2,1H3,(H,25,28). The average molecular weight is 450 g/mol. The lowest BCUT2D eigenvalue weighted by Gasteiger charge is -2.09. The molecule has 0 spiro atoms. The highest BCUT2D eigenvalue weighted by Gasteiger charge is 2.27. The minimum Gasteiger partial charge on any atom is -0.479 e. The summed E-state index contributed by atoms with van der Waals surface area (Å²) in [5.74, 6) is -13.1. The summed E-state index contributed by atoms with van der Waals surface area (Å²) >= 11 is 6.00. The molecule has 0 bridgehead atoms. The number of halogens is 6. The van der Waals surface area contributed by atoms with Crippen molar-refractivity contribution in [2.45, 2.75) is 26.6 Å². The van der Waals surface area contributed by atoms with Gasteiger partial charge in [0, 0.05) is 6.54 Å². The number of carbonyl (C=O) groups excluding carboxylic acids is 1. The first-order chi connectivity index (χ1) is 14.2. The third-order valence-electron chi connectivity index (χ3n) is 4.03. The normalized spacial score (nSPS) is 11.0. The second-order valence-corrected chi connectivity index (χ2v) is 6.30. The molecule has 30 heavy (non-hydrogen) atoms. The molecule has 0 aliphatic heterocycles. The molecule has 2 aromatic heterocycles. The molecule has 1 amide bonds. The van der Waals surface area contributed by atoms with Gasteiger partial charge in [0.25, 0.3) is 5.91 Å². The molecule has 0 atom stereocenters. The average Bonchev–Trinajstić information content (AvgIpc) is 3.35. The number of carbonyl (C=O) groups is 1. The second kappa shape index (κ2) is 8.74. The maximum atomic E-state index is 13.6. The summed E-state index contributed by atoms with van der Waals surface area (Å²) in [5, 5.41) is 6.96. The van der Waals surface area contributed by atoms with Crippen LogP contribution in [0.15, 0.2) is 22.7 Å². The Morgan fingerprint density at radius 2 is 1.77 bits per heavy atom. The molecule has 12 heteroatoms. The summed E-state index contributed by atoms with van der Waals surface area (Å²) < 4.78 is 78.1. The van der Waals surface area contributed by atoms with Gasteiger partial charge < -0.3 is 14.5 Å². The third-order valence-corrected chi connectivity index (χ3v) is 4.34. The smallest absolute Gasteiger partial charge is 0.287 e. The predicted molar refractivity (Wildman–Crippen MR) is 93.4 cm³/mol. The van der Waals surface area contributed by atoms with E-state index >= 15 is 0 Å². The summed E-state index contributed by atoms with van der Waals surface area (Å²) in [4.78, 5) is 12.2. The largest absolute Gasteiger partial charge is 0.479 e. The molecule has 2 heterocycles. The summed E-state index contributed by atoms with van der Waals surface area (Å²) in [7, 11) is 0. The van der Waals surface area contributed by atoms with Crippen molar-refractivity contribution in [1.82, 2.24) is 15.1 Å². The number of nitrogens with zero attached hydrogens (tertiary/aromatic N) is 2. The van der Waals surface area contributed by atoms with E-state index in [1.807, 2.05) is 6.92 Å². The van der Waals surface area contributed by atoms with Crippen LogP contribution in [0.1, 0.15) is 28.9 Å². The van der Waals surface area contributed by atoms with Crippen LogP contribution in [0.25, 0.3) is 0 Å². The molecule has 6 nitrogen and oxygen atoms in total. The summed E-state index contributed by atoms with van der Waals surface area (Å²) in [6.45, 7) is 1.76. The fourth-order valence-corrected chi connectivity index (χ4v) is 2.73. The van der Waals surface area contributed by atoms with E-state index in [1.54, 1.807) is 4.68 Å². The minimum absolute atomic E-state index is 0.0581. The van der Waals surface area contributed by atoms with Gasteiger partial charge >= 0.3 is 0 Å². The molecule has 1 N–H and O–H groups in total. The maximum absolute atomic E-state index is 13.6. The van der Waals surface area contributed by atoms with Gasteiger partial charge in [-0.1, -0.05) is 11.6 Å². The molecule has 0 radical (unpaired) electrons. The summed E-state index contributed by atoms with van der Waals surface area (Å²) in [5.41, 5.74) is 0.578. The molecule has 160 valence electrons. The highest BCUT2D eigenvalue weighted by atomic mass is 35.5. The Kier molecular flexibility index (Phi) is 6.30. The van der Waals surface area contributed by atoms with E-state index in [0.29, 0.717) is 17.3 Å². The molecular weight excluding hydrogens is 437 g/mol. The quantitative estimate of drug-likeness (QED) is 0.331. The fraction of sp³-hybridized carbons (Fsp3) is 0.222. The highest BCUT2D eigenvalue weighted by molar-refractivity contribution is 6.31.